The van der Waals surface area contributed by atoms with Gasteiger partial charge in [0.25, 0.3) is 0 Å². The van der Waals surface area contributed by atoms with Gasteiger partial charge < -0.3 is 11.1 Å². The number of carbonyl (C=O) groups is 2. The average Bonchev–Trinajstić information content (AvgIpc) is 2.74. The van der Waals surface area contributed by atoms with Crippen LogP contribution >= 0.6 is 0 Å². The molecule has 0 radical (unpaired) electrons. The maximum atomic E-state index is 11.2. The van der Waals surface area contributed by atoms with Crippen LogP contribution in [0.25, 0.3) is 11.3 Å². The highest BCUT2D eigenvalue weighted by Gasteiger charge is 2.16. The molecule has 2 rings (SSSR count). The Hall–Kier alpha value is -2.63. The third-order valence-corrected chi connectivity index (χ3v) is 2.90. The second-order valence-corrected chi connectivity index (χ2v) is 4.34. The number of nitrogens with two attached hydrogens (primary N) is 1. The van der Waals surface area contributed by atoms with Gasteiger partial charge in [-0.15, -0.1) is 0 Å². The molecule has 1 aromatic heterocycles. The molecule has 1 heterocycles. The maximum Gasteiger partial charge on any atom is 0.221 e. The number of hydrogen-bond donors (Lipinski definition) is 2. The SMILES string of the molecule is CCn1nc(-c2cccc(NC(C)=O)c2)c(C=O)c1N. The van der Waals surface area contributed by atoms with Gasteiger partial charge >= 0.3 is 0 Å². The van der Waals surface area contributed by atoms with Gasteiger partial charge in [0.1, 0.15) is 11.5 Å². The van der Waals surface area contributed by atoms with Crippen LogP contribution in [0.5, 0.6) is 0 Å². The quantitative estimate of drug-likeness (QED) is 0.832. The lowest BCUT2D eigenvalue weighted by Crippen LogP contribution is -2.05. The van der Waals surface area contributed by atoms with Crippen molar-refractivity contribution in [1.29, 1.82) is 0 Å². The molecular weight excluding hydrogens is 256 g/mol. The van der Waals surface area contributed by atoms with Crippen molar-refractivity contribution in [2.45, 2.75) is 20.4 Å². The monoisotopic (exact) mass is 272 g/mol. The van der Waals surface area contributed by atoms with E-state index in [-0.39, 0.29) is 5.91 Å². The van der Waals surface area contributed by atoms with E-state index in [1.54, 1.807) is 22.9 Å². The number of amides is 1. The van der Waals surface area contributed by atoms with E-state index in [1.807, 2.05) is 13.0 Å². The van der Waals surface area contributed by atoms with Crippen LogP contribution < -0.4 is 11.1 Å². The zero-order valence-corrected chi connectivity index (χ0v) is 11.4. The fourth-order valence-electron chi connectivity index (χ4n) is 2.01. The van der Waals surface area contributed by atoms with Crippen LogP contribution in [0.2, 0.25) is 0 Å². The molecule has 0 spiro atoms. The number of carbonyl (C=O) groups excluding carboxylic acids is 2. The second-order valence-electron chi connectivity index (χ2n) is 4.34. The van der Waals surface area contributed by atoms with Crippen LogP contribution in [0, 0.1) is 0 Å². The molecule has 2 aromatic rings. The first kappa shape index (κ1) is 13.8. The number of nitrogens with one attached hydrogen (secondary N) is 1. The number of aryl methyl sites for hydroxylation is 1. The van der Waals surface area contributed by atoms with Crippen molar-refractivity contribution in [3.63, 3.8) is 0 Å². The molecule has 0 aliphatic rings. The molecule has 0 saturated heterocycles. The Bertz CT molecular complexity index is 661. The summed E-state index contributed by atoms with van der Waals surface area (Å²) in [4.78, 5) is 22.3. The summed E-state index contributed by atoms with van der Waals surface area (Å²) in [6.07, 6.45) is 0.703. The summed E-state index contributed by atoms with van der Waals surface area (Å²) < 4.78 is 1.57. The Kier molecular flexibility index (Phi) is 3.84. The largest absolute Gasteiger partial charge is 0.383 e. The molecule has 0 saturated carbocycles. The third-order valence-electron chi connectivity index (χ3n) is 2.90. The van der Waals surface area contributed by atoms with Crippen LogP contribution in [0.1, 0.15) is 24.2 Å². The lowest BCUT2D eigenvalue weighted by atomic mass is 10.1. The van der Waals surface area contributed by atoms with Crippen molar-refractivity contribution in [2.24, 2.45) is 0 Å². The first-order valence-electron chi connectivity index (χ1n) is 6.26. The maximum absolute atomic E-state index is 11.2. The minimum absolute atomic E-state index is 0.156. The molecule has 1 amide bonds. The van der Waals surface area contributed by atoms with Crippen molar-refractivity contribution >= 4 is 23.7 Å². The van der Waals surface area contributed by atoms with Crippen molar-refractivity contribution in [2.75, 3.05) is 11.1 Å². The smallest absolute Gasteiger partial charge is 0.221 e. The third kappa shape index (κ3) is 2.54. The van der Waals surface area contributed by atoms with Gasteiger partial charge in [-0.3, -0.25) is 9.59 Å². The van der Waals surface area contributed by atoms with Crippen LogP contribution in [0.4, 0.5) is 11.5 Å². The van der Waals surface area contributed by atoms with Gasteiger partial charge in [-0.1, -0.05) is 12.1 Å². The summed E-state index contributed by atoms with van der Waals surface area (Å²) in [5.74, 6) is 0.193. The lowest BCUT2D eigenvalue weighted by molar-refractivity contribution is -0.114. The number of nitrogens with zero attached hydrogens (tertiary/aromatic N) is 2. The van der Waals surface area contributed by atoms with E-state index in [2.05, 4.69) is 10.4 Å². The molecule has 6 heteroatoms. The highest BCUT2D eigenvalue weighted by Crippen LogP contribution is 2.27. The molecule has 3 N–H and O–H groups in total. The highest BCUT2D eigenvalue weighted by molar-refractivity contribution is 5.93. The van der Waals surface area contributed by atoms with Crippen molar-refractivity contribution in [3.8, 4) is 11.3 Å². The average molecular weight is 272 g/mol. The number of nitrogen functional groups attached to an aromatic ring is 1. The molecule has 1 aromatic carbocycles. The lowest BCUT2D eigenvalue weighted by Gasteiger charge is -2.04. The van der Waals surface area contributed by atoms with Gasteiger partial charge in [-0.2, -0.15) is 5.10 Å². The molecule has 20 heavy (non-hydrogen) atoms. The Morgan fingerprint density at radius 1 is 1.50 bits per heavy atom. The molecule has 104 valence electrons. The fraction of sp³-hybridized carbons (Fsp3) is 0.214. The van der Waals surface area contributed by atoms with E-state index in [0.29, 0.717) is 35.6 Å². The van der Waals surface area contributed by atoms with Crippen LogP contribution in [-0.4, -0.2) is 22.0 Å². The molecule has 0 bridgehead atoms. The summed E-state index contributed by atoms with van der Waals surface area (Å²) >= 11 is 0. The number of rotatable bonds is 4. The van der Waals surface area contributed by atoms with E-state index in [4.69, 9.17) is 5.73 Å². The number of aldehydes is 1. The van der Waals surface area contributed by atoms with Gasteiger partial charge in [-0.05, 0) is 19.1 Å². The predicted molar refractivity (Wildman–Crippen MR) is 77.4 cm³/mol. The summed E-state index contributed by atoms with van der Waals surface area (Å²) in [5, 5.41) is 7.03. The van der Waals surface area contributed by atoms with Crippen LogP contribution in [0.15, 0.2) is 24.3 Å². The zero-order valence-electron chi connectivity index (χ0n) is 11.4. The van der Waals surface area contributed by atoms with Gasteiger partial charge in [0, 0.05) is 24.7 Å². The molecule has 0 atom stereocenters. The molecular formula is C14H16N4O2. The van der Waals surface area contributed by atoms with Crippen LogP contribution in [0.3, 0.4) is 0 Å². The predicted octanol–water partition coefficient (Wildman–Crippen LogP) is 1.92. The fourth-order valence-corrected chi connectivity index (χ4v) is 2.01. The minimum atomic E-state index is -0.156. The number of benzene rings is 1. The zero-order chi connectivity index (χ0) is 14.7. The van der Waals surface area contributed by atoms with Crippen LogP contribution in [-0.2, 0) is 11.3 Å². The molecule has 0 unspecified atom stereocenters. The standard InChI is InChI=1S/C14H16N4O2/c1-3-18-14(15)12(8-19)13(17-18)10-5-4-6-11(7-10)16-9(2)20/h4-8H,3,15H2,1-2H3,(H,16,20). The van der Waals surface area contributed by atoms with E-state index < -0.39 is 0 Å². The normalized spacial score (nSPS) is 10.3. The second kappa shape index (κ2) is 5.56. The van der Waals surface area contributed by atoms with Gasteiger partial charge in [-0.25, -0.2) is 4.68 Å². The Labute approximate surface area is 116 Å². The highest BCUT2D eigenvalue weighted by atomic mass is 16.1. The van der Waals surface area contributed by atoms with Gasteiger partial charge in [0.15, 0.2) is 6.29 Å². The molecule has 6 nitrogen and oxygen atoms in total. The summed E-state index contributed by atoms with van der Waals surface area (Å²) in [7, 11) is 0. The summed E-state index contributed by atoms with van der Waals surface area (Å²) in [6.45, 7) is 3.92. The number of anilines is 2. The van der Waals surface area contributed by atoms with E-state index in [9.17, 15) is 9.59 Å². The van der Waals surface area contributed by atoms with E-state index in [1.165, 1.54) is 6.92 Å². The molecule has 0 aliphatic heterocycles. The Morgan fingerprint density at radius 3 is 2.85 bits per heavy atom. The number of aromatic nitrogens is 2. The molecule has 0 fully saturated rings. The first-order valence-corrected chi connectivity index (χ1v) is 6.26. The van der Waals surface area contributed by atoms with E-state index in [0.717, 1.165) is 5.56 Å². The van der Waals surface area contributed by atoms with E-state index >= 15 is 0 Å². The Morgan fingerprint density at radius 2 is 2.25 bits per heavy atom. The Balaban J connectivity index is 2.51. The van der Waals surface area contributed by atoms with Gasteiger partial charge in [0.2, 0.25) is 5.91 Å². The number of hydrogen-bond acceptors (Lipinski definition) is 4. The van der Waals surface area contributed by atoms with Crippen molar-refractivity contribution in [1.82, 2.24) is 9.78 Å². The van der Waals surface area contributed by atoms with Crippen molar-refractivity contribution < 1.29 is 9.59 Å². The summed E-state index contributed by atoms with van der Waals surface area (Å²) in [5.41, 5.74) is 8.15. The minimum Gasteiger partial charge on any atom is -0.383 e. The van der Waals surface area contributed by atoms with Gasteiger partial charge in [0.05, 0.1) is 5.56 Å². The topological polar surface area (TPSA) is 90.0 Å². The first-order chi connectivity index (χ1) is 9.56. The summed E-state index contributed by atoms with van der Waals surface area (Å²) in [6, 6.07) is 7.14. The molecule has 0 aliphatic carbocycles. The van der Waals surface area contributed by atoms with Crippen molar-refractivity contribution in [3.05, 3.63) is 29.8 Å².